The third kappa shape index (κ3) is 49.4. The van der Waals surface area contributed by atoms with E-state index >= 15 is 0 Å². The van der Waals surface area contributed by atoms with Crippen molar-refractivity contribution >= 4 is 47.4 Å². The van der Waals surface area contributed by atoms with E-state index in [4.69, 9.17) is 17.3 Å². The van der Waals surface area contributed by atoms with E-state index in [9.17, 15) is 0 Å². The zero-order valence-electron chi connectivity index (χ0n) is 8.19. The average molecular weight is 346 g/mol. The molecular weight excluding hydrogens is 332 g/mol. The van der Waals surface area contributed by atoms with E-state index < -0.39 is 24.9 Å². The standard InChI is InChI=1S/C6H11.Ca.2Fe.HO2Si.2H2O.O/c1-2-4-6-5-3-1;;;;1-3-2;;;/h1H,2-6H2;;;;1H;2*1H2;/q-1;+2;;+1;-1;;;/p-2. The second-order valence-electron chi connectivity index (χ2n) is 2.08. The van der Waals surface area contributed by atoms with Crippen molar-refractivity contribution in [2.24, 2.45) is 0 Å². The first-order chi connectivity index (χ1) is 5.83. The normalized spacial score (nSPS) is 11.5. The Hall–Kier alpha value is 1.84. The first kappa shape index (κ1) is 30.1. The van der Waals surface area contributed by atoms with Crippen LogP contribution in [0.2, 0.25) is 0 Å². The zero-order valence-corrected chi connectivity index (χ0v) is 13.6. The molecule has 9 heteroatoms. The zero-order chi connectivity index (χ0) is 9.66. The monoisotopic (exact) mass is 346 g/mol. The molecule has 1 aliphatic carbocycles. The fourth-order valence-corrected chi connectivity index (χ4v) is 0.898. The van der Waals surface area contributed by atoms with Crippen molar-refractivity contribution in [1.82, 2.24) is 0 Å². The summed E-state index contributed by atoms with van der Waals surface area (Å²) in [6, 6.07) is 0. The van der Waals surface area contributed by atoms with Crippen LogP contribution in [0.4, 0.5) is 0 Å². The van der Waals surface area contributed by atoms with Gasteiger partial charge < -0.3 is 21.2 Å². The minimum atomic E-state index is -1.17. The third-order valence-corrected chi connectivity index (χ3v) is 1.32. The van der Waals surface area contributed by atoms with Crippen LogP contribution in [0.5, 0.6) is 0 Å². The van der Waals surface area contributed by atoms with Gasteiger partial charge in [0, 0.05) is 17.1 Å². The molecular formula is C6H14CaFe2O5Si-. The Morgan fingerprint density at radius 1 is 1.20 bits per heavy atom. The molecule has 15 heavy (non-hydrogen) atoms. The maximum absolute atomic E-state index is 8.51. The van der Waals surface area contributed by atoms with Gasteiger partial charge in [-0.1, -0.05) is 19.3 Å². The van der Waals surface area contributed by atoms with Crippen molar-refractivity contribution in [1.29, 1.82) is 0 Å². The van der Waals surface area contributed by atoms with E-state index in [1.807, 2.05) is 0 Å². The van der Waals surface area contributed by atoms with Crippen molar-refractivity contribution in [3.05, 3.63) is 6.42 Å². The number of rotatable bonds is 0. The van der Waals surface area contributed by atoms with Crippen molar-refractivity contribution < 1.29 is 55.0 Å². The molecule has 0 saturated heterocycles. The Balaban J connectivity index is -0.0000000333. The van der Waals surface area contributed by atoms with E-state index in [0.717, 1.165) is 0 Å². The van der Waals surface area contributed by atoms with Crippen LogP contribution in [0.25, 0.3) is 0 Å². The van der Waals surface area contributed by atoms with Gasteiger partial charge in [-0.2, -0.15) is 12.8 Å². The van der Waals surface area contributed by atoms with Gasteiger partial charge in [0.2, 0.25) is 0 Å². The van der Waals surface area contributed by atoms with Gasteiger partial charge in [-0.3, -0.25) is 0 Å². The van der Waals surface area contributed by atoms with Crippen LogP contribution >= 0.6 is 0 Å². The van der Waals surface area contributed by atoms with Gasteiger partial charge in [0.15, 0.2) is 0 Å². The number of hydrogen-bond acceptors (Lipinski definition) is 3. The maximum atomic E-state index is 8.51. The average Bonchev–Trinajstić information content (AvgIpc) is 2.10. The summed E-state index contributed by atoms with van der Waals surface area (Å²) in [7, 11) is -1.17. The molecule has 0 amide bonds. The summed E-state index contributed by atoms with van der Waals surface area (Å²) in [4.78, 5) is 7.04. The van der Waals surface area contributed by atoms with Crippen LogP contribution < -0.4 is 0 Å². The molecule has 0 unspecified atom stereocenters. The van der Waals surface area contributed by atoms with Gasteiger partial charge in [-0.25, -0.2) is 0 Å². The van der Waals surface area contributed by atoms with Crippen LogP contribution in [0.1, 0.15) is 32.1 Å². The molecule has 0 aliphatic heterocycles. The molecule has 1 saturated carbocycles. The molecule has 1 fully saturated rings. The predicted octanol–water partition coefficient (Wildman–Crippen LogP) is -0.140. The summed E-state index contributed by atoms with van der Waals surface area (Å²) < 4.78 is 24.0. The first-order valence-electron chi connectivity index (χ1n) is 3.55. The predicted molar refractivity (Wildman–Crippen MR) is 46.6 cm³/mol. The van der Waals surface area contributed by atoms with Crippen molar-refractivity contribution in [3.63, 3.8) is 0 Å². The van der Waals surface area contributed by atoms with Crippen LogP contribution in [-0.2, 0) is 40.6 Å². The second-order valence-corrected chi connectivity index (χ2v) is 2.47. The summed E-state index contributed by atoms with van der Waals surface area (Å²) in [6.45, 7) is 0. The molecule has 1 rings (SSSR count). The van der Waals surface area contributed by atoms with Crippen molar-refractivity contribution in [2.75, 3.05) is 0 Å². The summed E-state index contributed by atoms with van der Waals surface area (Å²) in [5.41, 5.74) is 0. The minimum absolute atomic E-state index is 0. The van der Waals surface area contributed by atoms with Gasteiger partial charge in [0.05, 0.1) is 9.65 Å². The van der Waals surface area contributed by atoms with Crippen LogP contribution in [0.15, 0.2) is 0 Å². The van der Waals surface area contributed by atoms with E-state index in [0.29, 0.717) is 0 Å². The van der Waals surface area contributed by atoms with Gasteiger partial charge in [-0.15, -0.1) is 0 Å². The second kappa shape index (κ2) is 36.0. The molecule has 0 aromatic heterocycles. The third-order valence-electron chi connectivity index (χ3n) is 1.32. The van der Waals surface area contributed by atoms with Gasteiger partial charge in [0.25, 0.3) is 0 Å². The molecule has 0 atom stereocenters. The molecule has 3 N–H and O–H groups in total. The van der Waals surface area contributed by atoms with Crippen LogP contribution in [-0.4, -0.2) is 61.8 Å². The Bertz CT molecular complexity index is 90.0. The molecule has 0 aromatic carbocycles. The topological polar surface area (TPSA) is 105 Å². The molecule has 5 nitrogen and oxygen atoms in total. The summed E-state index contributed by atoms with van der Waals surface area (Å²) in [5, 5.41) is 0. The number of hydrogen-bond donors (Lipinski definition) is 2. The fraction of sp³-hybridized carbons (Fsp3) is 0.833. The molecule has 0 radical (unpaired) electrons. The van der Waals surface area contributed by atoms with Crippen molar-refractivity contribution in [3.8, 4) is 0 Å². The Morgan fingerprint density at radius 3 is 1.53 bits per heavy atom. The van der Waals surface area contributed by atoms with Gasteiger partial charge in [-0.05, 0) is 0 Å². The summed E-state index contributed by atoms with van der Waals surface area (Å²) in [5.74, 6) is 0. The molecule has 0 bridgehead atoms. The first-order valence-corrected chi connectivity index (χ1v) is 5.35. The molecule has 91 valence electrons. The fourth-order valence-electron chi connectivity index (χ4n) is 0.898. The quantitative estimate of drug-likeness (QED) is 0.469. The van der Waals surface area contributed by atoms with E-state index in [2.05, 4.69) is 6.42 Å². The molecule has 0 spiro atoms. The van der Waals surface area contributed by atoms with Crippen LogP contribution in [0.3, 0.4) is 0 Å². The Morgan fingerprint density at radius 2 is 1.47 bits per heavy atom. The Labute approximate surface area is 139 Å². The van der Waals surface area contributed by atoms with E-state index in [1.165, 1.54) is 32.1 Å². The van der Waals surface area contributed by atoms with Crippen molar-refractivity contribution in [2.45, 2.75) is 32.1 Å². The Kier molecular flexibility index (Phi) is 72.4. The van der Waals surface area contributed by atoms with E-state index in [1.54, 1.807) is 0 Å². The molecule has 0 aromatic rings. The van der Waals surface area contributed by atoms with E-state index in [-0.39, 0.29) is 60.3 Å². The van der Waals surface area contributed by atoms with Gasteiger partial charge in [0.1, 0.15) is 0 Å². The SMILES string of the molecule is O=[Si-]O.[CH-]1CCCCC1.[Ca+2].[Fe].[OH-].[O]=[Fe][OH]. The molecule has 1 aliphatic rings. The van der Waals surface area contributed by atoms with Gasteiger partial charge >= 0.3 is 61.0 Å². The summed E-state index contributed by atoms with van der Waals surface area (Å²) in [6.07, 6.45) is 9.50. The van der Waals surface area contributed by atoms with Crippen LogP contribution in [0, 0.1) is 6.42 Å². The summed E-state index contributed by atoms with van der Waals surface area (Å²) >= 11 is -1.00. The molecule has 0 heterocycles.